The Labute approximate surface area is 114 Å². The van der Waals surface area contributed by atoms with Gasteiger partial charge in [0.25, 0.3) is 0 Å². The van der Waals surface area contributed by atoms with Gasteiger partial charge in [0, 0.05) is 13.5 Å². The summed E-state index contributed by atoms with van der Waals surface area (Å²) in [5.41, 5.74) is 1.09. The van der Waals surface area contributed by atoms with Gasteiger partial charge in [0.2, 0.25) is 0 Å². The number of aromatic nitrogens is 4. The van der Waals surface area contributed by atoms with Crippen molar-refractivity contribution >= 4 is 17.0 Å². The lowest BCUT2D eigenvalue weighted by molar-refractivity contribution is -0.0351. The van der Waals surface area contributed by atoms with E-state index in [2.05, 4.69) is 20.3 Å². The first-order chi connectivity index (χ1) is 9.63. The van der Waals surface area contributed by atoms with Crippen molar-refractivity contribution in [3.8, 4) is 0 Å². The number of nitrogens with one attached hydrogen (secondary N) is 1. The molecule has 3 unspecified atom stereocenters. The van der Waals surface area contributed by atoms with Crippen LogP contribution in [0.25, 0.3) is 11.2 Å². The summed E-state index contributed by atoms with van der Waals surface area (Å²) >= 11 is 0. The van der Waals surface area contributed by atoms with E-state index in [1.165, 1.54) is 6.33 Å². The number of anilines is 1. The molecule has 0 aliphatic carbocycles. The summed E-state index contributed by atoms with van der Waals surface area (Å²) in [5, 5.41) is 12.0. The Morgan fingerprint density at radius 1 is 1.55 bits per heavy atom. The van der Waals surface area contributed by atoms with Crippen LogP contribution in [0, 0.1) is 6.92 Å². The molecule has 3 atom stereocenters. The average molecular weight is 281 g/mol. The van der Waals surface area contributed by atoms with Crippen LogP contribution in [0.15, 0.2) is 6.33 Å². The van der Waals surface area contributed by atoms with Gasteiger partial charge in [0.15, 0.2) is 23.2 Å². The second kappa shape index (κ2) is 4.95. The highest BCUT2D eigenvalue weighted by Crippen LogP contribution is 2.33. The molecule has 0 saturated carbocycles. The lowest BCUT2D eigenvalue weighted by atomic mass is 10.2. The molecule has 0 aromatic carbocycles. The van der Waals surface area contributed by atoms with Crippen LogP contribution in [0.5, 0.6) is 0 Å². The smallest absolute Gasteiger partial charge is 0.168 e. The predicted molar refractivity (Wildman–Crippen MR) is 70.1 cm³/mol. The maximum atomic E-state index is 14.1. The van der Waals surface area contributed by atoms with Crippen molar-refractivity contribution in [2.24, 2.45) is 0 Å². The van der Waals surface area contributed by atoms with Crippen molar-refractivity contribution in [1.29, 1.82) is 0 Å². The summed E-state index contributed by atoms with van der Waals surface area (Å²) < 4.78 is 21.1. The average Bonchev–Trinajstić information content (AvgIpc) is 3.00. The lowest BCUT2D eigenvalue weighted by Crippen LogP contribution is -2.17. The van der Waals surface area contributed by atoms with E-state index in [4.69, 9.17) is 9.84 Å². The summed E-state index contributed by atoms with van der Waals surface area (Å²) in [6, 6.07) is 0. The number of fused-ring (bicyclic) bond motifs is 1. The van der Waals surface area contributed by atoms with Gasteiger partial charge < -0.3 is 15.2 Å². The standard InChI is InChI=1S/C12H16FN5O2/c1-6-16-10(14-2)9-11(17-6)18(5-15-9)12-8(13)3-7(4-19)20-12/h5,7-8,12,19H,3-4H2,1-2H3,(H,14,16,17). The van der Waals surface area contributed by atoms with Gasteiger partial charge in [-0.05, 0) is 6.92 Å². The molecule has 2 aromatic heterocycles. The number of imidazole rings is 1. The van der Waals surface area contributed by atoms with E-state index in [9.17, 15) is 4.39 Å². The molecule has 1 saturated heterocycles. The van der Waals surface area contributed by atoms with Gasteiger partial charge in [0.05, 0.1) is 19.0 Å². The number of ether oxygens (including phenoxy) is 1. The molecule has 0 amide bonds. The Hall–Kier alpha value is -1.80. The van der Waals surface area contributed by atoms with Gasteiger partial charge in [-0.15, -0.1) is 0 Å². The van der Waals surface area contributed by atoms with Gasteiger partial charge in [0.1, 0.15) is 12.0 Å². The monoisotopic (exact) mass is 281 g/mol. The molecule has 108 valence electrons. The molecule has 0 spiro atoms. The van der Waals surface area contributed by atoms with Crippen molar-refractivity contribution < 1.29 is 14.2 Å². The van der Waals surface area contributed by atoms with Crippen LogP contribution in [0.2, 0.25) is 0 Å². The number of aryl methyl sites for hydroxylation is 1. The van der Waals surface area contributed by atoms with E-state index in [-0.39, 0.29) is 13.0 Å². The predicted octanol–water partition coefficient (Wildman–Crippen LogP) is 0.794. The molecule has 0 radical (unpaired) electrons. The maximum absolute atomic E-state index is 14.1. The van der Waals surface area contributed by atoms with Crippen LogP contribution in [0.4, 0.5) is 10.2 Å². The topological polar surface area (TPSA) is 85.1 Å². The van der Waals surface area contributed by atoms with E-state index >= 15 is 0 Å². The van der Waals surface area contributed by atoms with E-state index in [1.807, 2.05) is 0 Å². The zero-order chi connectivity index (χ0) is 14.3. The molecular formula is C12H16FN5O2. The summed E-state index contributed by atoms with van der Waals surface area (Å²) in [5.74, 6) is 1.16. The highest BCUT2D eigenvalue weighted by atomic mass is 19.1. The van der Waals surface area contributed by atoms with Gasteiger partial charge in [-0.1, -0.05) is 0 Å². The Kier molecular flexibility index (Phi) is 3.27. The van der Waals surface area contributed by atoms with Crippen molar-refractivity contribution in [3.05, 3.63) is 12.2 Å². The molecule has 3 rings (SSSR count). The first-order valence-electron chi connectivity index (χ1n) is 6.43. The number of halogens is 1. The van der Waals surface area contributed by atoms with E-state index in [0.29, 0.717) is 22.8 Å². The molecule has 1 aliphatic rings. The summed E-state index contributed by atoms with van der Waals surface area (Å²) in [4.78, 5) is 12.8. The van der Waals surface area contributed by atoms with Crippen molar-refractivity contribution in [3.63, 3.8) is 0 Å². The van der Waals surface area contributed by atoms with Gasteiger partial charge >= 0.3 is 0 Å². The highest BCUT2D eigenvalue weighted by molar-refractivity contribution is 5.82. The minimum atomic E-state index is -1.20. The maximum Gasteiger partial charge on any atom is 0.168 e. The van der Waals surface area contributed by atoms with Crippen molar-refractivity contribution in [2.75, 3.05) is 19.0 Å². The molecule has 2 N–H and O–H groups in total. The van der Waals surface area contributed by atoms with Gasteiger partial charge in [-0.25, -0.2) is 19.3 Å². The van der Waals surface area contributed by atoms with Crippen molar-refractivity contribution in [1.82, 2.24) is 19.5 Å². The normalized spacial score (nSPS) is 26.3. The van der Waals surface area contributed by atoms with Crippen LogP contribution >= 0.6 is 0 Å². The largest absolute Gasteiger partial charge is 0.394 e. The molecule has 1 fully saturated rings. The molecule has 7 nitrogen and oxygen atoms in total. The number of hydrogen-bond donors (Lipinski definition) is 2. The molecule has 1 aliphatic heterocycles. The zero-order valence-corrected chi connectivity index (χ0v) is 11.2. The fourth-order valence-electron chi connectivity index (χ4n) is 2.45. The van der Waals surface area contributed by atoms with Gasteiger partial charge in [-0.2, -0.15) is 0 Å². The summed E-state index contributed by atoms with van der Waals surface area (Å²) in [7, 11) is 1.74. The molecule has 2 aromatic rings. The molecule has 3 heterocycles. The molecule has 0 bridgehead atoms. The van der Waals surface area contributed by atoms with E-state index < -0.39 is 18.5 Å². The second-order valence-electron chi connectivity index (χ2n) is 4.78. The minimum absolute atomic E-state index is 0.170. The van der Waals surface area contributed by atoms with Crippen LogP contribution < -0.4 is 5.32 Å². The number of hydrogen-bond acceptors (Lipinski definition) is 6. The SMILES string of the molecule is CNc1nc(C)nc2c1ncn2C1OC(CO)CC1F. The summed E-state index contributed by atoms with van der Waals surface area (Å²) in [6.45, 7) is 1.57. The first kappa shape index (κ1) is 13.2. The number of rotatable bonds is 3. The second-order valence-corrected chi connectivity index (χ2v) is 4.78. The first-order valence-corrected chi connectivity index (χ1v) is 6.43. The fourth-order valence-corrected chi connectivity index (χ4v) is 2.45. The Morgan fingerprint density at radius 3 is 3.00 bits per heavy atom. The number of aliphatic hydroxyl groups excluding tert-OH is 1. The fraction of sp³-hybridized carbons (Fsp3) is 0.583. The van der Waals surface area contributed by atoms with Crippen LogP contribution in [0.1, 0.15) is 18.5 Å². The highest BCUT2D eigenvalue weighted by Gasteiger charge is 2.37. The van der Waals surface area contributed by atoms with Crippen LogP contribution in [-0.2, 0) is 4.74 Å². The van der Waals surface area contributed by atoms with Crippen LogP contribution in [-0.4, -0.2) is 50.6 Å². The Balaban J connectivity index is 2.07. The third-order valence-electron chi connectivity index (χ3n) is 3.38. The zero-order valence-electron chi connectivity index (χ0n) is 11.2. The summed E-state index contributed by atoms with van der Waals surface area (Å²) in [6.07, 6.45) is -0.825. The molecular weight excluding hydrogens is 265 g/mol. The molecule has 20 heavy (non-hydrogen) atoms. The molecule has 8 heteroatoms. The number of alkyl halides is 1. The third-order valence-corrected chi connectivity index (χ3v) is 3.38. The Bertz CT molecular complexity index is 632. The quantitative estimate of drug-likeness (QED) is 0.865. The van der Waals surface area contributed by atoms with Gasteiger partial charge in [-0.3, -0.25) is 4.57 Å². The number of aliphatic hydroxyl groups is 1. The minimum Gasteiger partial charge on any atom is -0.394 e. The van der Waals surface area contributed by atoms with E-state index in [1.54, 1.807) is 18.5 Å². The number of nitrogens with zero attached hydrogens (tertiary/aromatic N) is 4. The third kappa shape index (κ3) is 2.01. The lowest BCUT2D eigenvalue weighted by Gasteiger charge is -2.15. The Morgan fingerprint density at radius 2 is 2.35 bits per heavy atom. The van der Waals surface area contributed by atoms with Crippen molar-refractivity contribution in [2.45, 2.75) is 31.8 Å². The van der Waals surface area contributed by atoms with Crippen LogP contribution in [0.3, 0.4) is 0 Å². The van der Waals surface area contributed by atoms with E-state index in [0.717, 1.165) is 0 Å².